The number of carbonyl (C=O) groups is 1. The number of benzene rings is 1. The van der Waals surface area contributed by atoms with Crippen LogP contribution < -0.4 is 10.6 Å². The minimum absolute atomic E-state index is 0.0971. The van der Waals surface area contributed by atoms with Gasteiger partial charge in [-0.2, -0.15) is 0 Å². The monoisotopic (exact) mass is 318 g/mol. The molecular weight excluding hydrogens is 299 g/mol. The number of hydrogen-bond acceptors (Lipinski definition) is 3. The van der Waals surface area contributed by atoms with E-state index in [1.54, 1.807) is 30.7 Å². The van der Waals surface area contributed by atoms with E-state index in [9.17, 15) is 9.18 Å². The Labute approximate surface area is 133 Å². The molecule has 1 saturated heterocycles. The lowest BCUT2D eigenvalue weighted by molar-refractivity contribution is 0.0807. The van der Waals surface area contributed by atoms with Crippen LogP contribution in [0, 0.1) is 5.82 Å². The van der Waals surface area contributed by atoms with E-state index in [-0.39, 0.29) is 24.0 Å². The second-order valence-electron chi connectivity index (χ2n) is 5.54. The zero-order chi connectivity index (χ0) is 16.1. The Morgan fingerprint density at radius 2 is 2.13 bits per heavy atom. The molecule has 2 amide bonds. The third-order valence-corrected chi connectivity index (χ3v) is 3.89. The Hall–Kier alpha value is -2.34. The van der Waals surface area contributed by atoms with Gasteiger partial charge in [-0.15, -0.1) is 0 Å². The van der Waals surface area contributed by atoms with Gasteiger partial charge in [0.05, 0.1) is 24.7 Å². The Morgan fingerprint density at radius 3 is 2.78 bits per heavy atom. The van der Waals surface area contributed by atoms with Gasteiger partial charge in [0.15, 0.2) is 0 Å². The Balaban J connectivity index is 1.65. The van der Waals surface area contributed by atoms with Crippen LogP contribution in [-0.4, -0.2) is 18.7 Å². The van der Waals surface area contributed by atoms with Crippen molar-refractivity contribution in [3.05, 3.63) is 59.8 Å². The van der Waals surface area contributed by atoms with E-state index < -0.39 is 0 Å². The quantitative estimate of drug-likeness (QED) is 0.890. The number of urea groups is 1. The molecule has 2 N–H and O–H groups in total. The topological polar surface area (TPSA) is 63.5 Å². The maximum atomic E-state index is 13.1. The van der Waals surface area contributed by atoms with Gasteiger partial charge in [0, 0.05) is 18.7 Å². The Bertz CT molecular complexity index is 622. The molecule has 1 aliphatic rings. The van der Waals surface area contributed by atoms with Gasteiger partial charge in [-0.25, -0.2) is 9.18 Å². The highest BCUT2D eigenvalue weighted by molar-refractivity contribution is 5.74. The molecule has 23 heavy (non-hydrogen) atoms. The number of rotatable bonds is 5. The summed E-state index contributed by atoms with van der Waals surface area (Å²) in [5, 5.41) is 5.71. The predicted molar refractivity (Wildman–Crippen MR) is 82.2 cm³/mol. The summed E-state index contributed by atoms with van der Waals surface area (Å²) in [6, 6.07) is 7.33. The van der Waals surface area contributed by atoms with Crippen molar-refractivity contribution < 1.29 is 18.3 Å². The minimum Gasteiger partial charge on any atom is -0.472 e. The Kier molecular flexibility index (Phi) is 4.92. The summed E-state index contributed by atoms with van der Waals surface area (Å²) >= 11 is 0. The smallest absolute Gasteiger partial charge is 0.315 e. The molecule has 5 nitrogen and oxygen atoms in total. The number of hydrogen-bond donors (Lipinski definition) is 2. The van der Waals surface area contributed by atoms with E-state index in [1.807, 2.05) is 0 Å². The van der Waals surface area contributed by atoms with Crippen molar-refractivity contribution in [2.45, 2.75) is 31.5 Å². The first kappa shape index (κ1) is 15.6. The molecule has 122 valence electrons. The number of nitrogens with one attached hydrogen (secondary N) is 2. The summed E-state index contributed by atoms with van der Waals surface area (Å²) < 4.78 is 23.8. The predicted octanol–water partition coefficient (Wildman–Crippen LogP) is 3.14. The van der Waals surface area contributed by atoms with Crippen LogP contribution >= 0.6 is 0 Å². The third kappa shape index (κ3) is 4.10. The van der Waals surface area contributed by atoms with E-state index in [4.69, 9.17) is 9.15 Å². The summed E-state index contributed by atoms with van der Waals surface area (Å²) in [6.07, 6.45) is 4.87. The SMILES string of the molecule is O=C(NCc1ccoc1)N[C@H](c1ccc(F)cc1)[C@H]1CCCO1. The average molecular weight is 318 g/mol. The molecule has 1 fully saturated rings. The Morgan fingerprint density at radius 1 is 1.30 bits per heavy atom. The molecule has 3 rings (SSSR count). The van der Waals surface area contributed by atoms with E-state index in [0.717, 1.165) is 24.0 Å². The maximum Gasteiger partial charge on any atom is 0.315 e. The van der Waals surface area contributed by atoms with Gasteiger partial charge >= 0.3 is 6.03 Å². The van der Waals surface area contributed by atoms with Gasteiger partial charge in [-0.1, -0.05) is 12.1 Å². The molecule has 0 aliphatic carbocycles. The molecule has 1 aliphatic heterocycles. The fourth-order valence-electron chi connectivity index (χ4n) is 2.69. The van der Waals surface area contributed by atoms with Crippen molar-refractivity contribution in [1.29, 1.82) is 0 Å². The van der Waals surface area contributed by atoms with Crippen LogP contribution in [0.15, 0.2) is 47.3 Å². The lowest BCUT2D eigenvalue weighted by Crippen LogP contribution is -2.41. The molecule has 0 unspecified atom stereocenters. The third-order valence-electron chi connectivity index (χ3n) is 3.89. The molecule has 2 heterocycles. The van der Waals surface area contributed by atoms with Gasteiger partial charge in [0.25, 0.3) is 0 Å². The maximum absolute atomic E-state index is 13.1. The van der Waals surface area contributed by atoms with Crippen LogP contribution in [0.3, 0.4) is 0 Å². The van der Waals surface area contributed by atoms with Crippen LogP contribution in [0.1, 0.15) is 30.0 Å². The van der Waals surface area contributed by atoms with Crippen LogP contribution in [0.25, 0.3) is 0 Å². The average Bonchev–Trinajstić information content (AvgIpc) is 3.25. The van der Waals surface area contributed by atoms with Crippen molar-refractivity contribution in [2.75, 3.05) is 6.61 Å². The first-order valence-electron chi connectivity index (χ1n) is 7.65. The molecule has 0 radical (unpaired) electrons. The van der Waals surface area contributed by atoms with Crippen molar-refractivity contribution in [1.82, 2.24) is 10.6 Å². The molecule has 0 bridgehead atoms. The summed E-state index contributed by atoms with van der Waals surface area (Å²) in [7, 11) is 0. The fraction of sp³-hybridized carbons (Fsp3) is 0.353. The second-order valence-corrected chi connectivity index (χ2v) is 5.54. The highest BCUT2D eigenvalue weighted by atomic mass is 19.1. The van der Waals surface area contributed by atoms with Gasteiger partial charge in [-0.05, 0) is 36.6 Å². The van der Waals surface area contributed by atoms with Gasteiger partial charge in [0.2, 0.25) is 0 Å². The fourth-order valence-corrected chi connectivity index (χ4v) is 2.69. The zero-order valence-electron chi connectivity index (χ0n) is 12.6. The molecule has 2 atom stereocenters. The molecule has 0 saturated carbocycles. The van der Waals surface area contributed by atoms with Crippen molar-refractivity contribution in [3.8, 4) is 0 Å². The number of furan rings is 1. The molecule has 2 aromatic rings. The van der Waals surface area contributed by atoms with E-state index in [0.29, 0.717) is 13.2 Å². The summed E-state index contributed by atoms with van der Waals surface area (Å²) in [5.41, 5.74) is 1.72. The summed E-state index contributed by atoms with van der Waals surface area (Å²) in [5.74, 6) is -0.302. The molecule has 1 aromatic heterocycles. The number of carbonyl (C=O) groups excluding carboxylic acids is 1. The minimum atomic E-state index is -0.303. The van der Waals surface area contributed by atoms with Crippen LogP contribution in [-0.2, 0) is 11.3 Å². The lowest BCUT2D eigenvalue weighted by Gasteiger charge is -2.25. The summed E-state index contributed by atoms with van der Waals surface area (Å²) in [4.78, 5) is 12.2. The van der Waals surface area contributed by atoms with Crippen molar-refractivity contribution in [3.63, 3.8) is 0 Å². The number of amides is 2. The van der Waals surface area contributed by atoms with Crippen LogP contribution in [0.2, 0.25) is 0 Å². The number of halogens is 1. The van der Waals surface area contributed by atoms with Crippen LogP contribution in [0.5, 0.6) is 0 Å². The highest BCUT2D eigenvalue weighted by Crippen LogP contribution is 2.27. The molecule has 6 heteroatoms. The van der Waals surface area contributed by atoms with E-state index >= 15 is 0 Å². The van der Waals surface area contributed by atoms with E-state index in [1.165, 1.54) is 12.1 Å². The van der Waals surface area contributed by atoms with Crippen molar-refractivity contribution >= 4 is 6.03 Å². The highest BCUT2D eigenvalue weighted by Gasteiger charge is 2.28. The largest absolute Gasteiger partial charge is 0.472 e. The van der Waals surface area contributed by atoms with Crippen molar-refractivity contribution in [2.24, 2.45) is 0 Å². The lowest BCUT2D eigenvalue weighted by atomic mass is 9.99. The van der Waals surface area contributed by atoms with Gasteiger partial charge < -0.3 is 19.8 Å². The van der Waals surface area contributed by atoms with Crippen LogP contribution in [0.4, 0.5) is 9.18 Å². The molecule has 0 spiro atoms. The summed E-state index contributed by atoms with van der Waals surface area (Å²) in [6.45, 7) is 1.06. The van der Waals surface area contributed by atoms with Gasteiger partial charge in [0.1, 0.15) is 5.82 Å². The second kappa shape index (κ2) is 7.28. The first-order chi connectivity index (χ1) is 11.2. The zero-order valence-corrected chi connectivity index (χ0v) is 12.6. The van der Waals surface area contributed by atoms with Gasteiger partial charge in [-0.3, -0.25) is 0 Å². The molecule has 1 aromatic carbocycles. The standard InChI is InChI=1S/C17H19FN2O3/c18-14-5-3-13(4-6-14)16(15-2-1-8-23-15)20-17(21)19-10-12-7-9-22-11-12/h3-7,9,11,15-16H,1-2,8,10H2,(H2,19,20,21)/t15-,16-/m1/s1. The molecular formula is C17H19FN2O3. The van der Waals surface area contributed by atoms with E-state index in [2.05, 4.69) is 10.6 Å². The normalized spacial score (nSPS) is 18.6. The number of ether oxygens (including phenoxy) is 1. The first-order valence-corrected chi connectivity index (χ1v) is 7.65.